The van der Waals surface area contributed by atoms with Gasteiger partial charge in [-0.1, -0.05) is 25.1 Å². The van der Waals surface area contributed by atoms with E-state index in [4.69, 9.17) is 0 Å². The highest BCUT2D eigenvalue weighted by Gasteiger charge is 2.52. The van der Waals surface area contributed by atoms with E-state index in [0.29, 0.717) is 24.9 Å². The van der Waals surface area contributed by atoms with Crippen molar-refractivity contribution in [1.82, 2.24) is 15.1 Å². The molecule has 0 radical (unpaired) electrons. The number of aryl methyl sites for hydroxylation is 2. The van der Waals surface area contributed by atoms with Gasteiger partial charge in [-0.15, -0.1) is 0 Å². The van der Waals surface area contributed by atoms with Crippen LogP contribution in [-0.4, -0.2) is 15.7 Å². The van der Waals surface area contributed by atoms with E-state index in [1.54, 1.807) is 18.2 Å². The lowest BCUT2D eigenvalue weighted by Gasteiger charge is -2.16. The molecular formula is C19H24FN3O. The molecule has 1 aliphatic carbocycles. The number of rotatable bonds is 6. The molecule has 1 N–H and O–H groups in total. The van der Waals surface area contributed by atoms with Crippen LogP contribution in [0.1, 0.15) is 48.7 Å². The van der Waals surface area contributed by atoms with Crippen molar-refractivity contribution in [3.63, 3.8) is 0 Å². The van der Waals surface area contributed by atoms with Crippen molar-refractivity contribution in [3.05, 3.63) is 52.6 Å². The van der Waals surface area contributed by atoms with Gasteiger partial charge in [0.15, 0.2) is 0 Å². The fourth-order valence-electron chi connectivity index (χ4n) is 3.35. The number of hydrogen-bond acceptors (Lipinski definition) is 2. The van der Waals surface area contributed by atoms with Crippen molar-refractivity contribution < 1.29 is 9.18 Å². The number of carbonyl (C=O) groups excluding carboxylic acids is 1. The van der Waals surface area contributed by atoms with Crippen LogP contribution in [-0.2, 0) is 23.3 Å². The summed E-state index contributed by atoms with van der Waals surface area (Å²) in [6.07, 6.45) is 2.42. The third-order valence-corrected chi connectivity index (χ3v) is 4.97. The molecule has 128 valence electrons. The molecular weight excluding hydrogens is 305 g/mol. The summed E-state index contributed by atoms with van der Waals surface area (Å²) in [5, 5.41) is 7.54. The molecule has 1 heterocycles. The van der Waals surface area contributed by atoms with Crippen LogP contribution < -0.4 is 5.32 Å². The standard InChI is InChI=1S/C19H24FN3O/c1-4-11-23-14(3)15(13(2)22-23)12-21-18(24)19(9-10-19)16-7-5-6-8-17(16)20/h5-8H,4,9-12H2,1-3H3,(H,21,24). The summed E-state index contributed by atoms with van der Waals surface area (Å²) < 4.78 is 16.1. The van der Waals surface area contributed by atoms with Gasteiger partial charge >= 0.3 is 0 Å². The van der Waals surface area contributed by atoms with Crippen molar-refractivity contribution in [1.29, 1.82) is 0 Å². The van der Waals surface area contributed by atoms with Gasteiger partial charge in [0.25, 0.3) is 0 Å². The molecule has 0 atom stereocenters. The van der Waals surface area contributed by atoms with Gasteiger partial charge in [0, 0.05) is 29.9 Å². The Hall–Kier alpha value is -2.17. The maximum absolute atomic E-state index is 14.1. The highest BCUT2D eigenvalue weighted by atomic mass is 19.1. The number of halogens is 1. The van der Waals surface area contributed by atoms with Crippen LogP contribution in [0.5, 0.6) is 0 Å². The first-order valence-electron chi connectivity index (χ1n) is 8.56. The fourth-order valence-corrected chi connectivity index (χ4v) is 3.35. The molecule has 0 saturated heterocycles. The van der Waals surface area contributed by atoms with Crippen LogP contribution in [0.4, 0.5) is 4.39 Å². The van der Waals surface area contributed by atoms with E-state index >= 15 is 0 Å². The predicted molar refractivity (Wildman–Crippen MR) is 91.2 cm³/mol. The number of amides is 1. The van der Waals surface area contributed by atoms with Gasteiger partial charge in [0.1, 0.15) is 5.82 Å². The van der Waals surface area contributed by atoms with Crippen molar-refractivity contribution >= 4 is 5.91 Å². The Morgan fingerprint density at radius 3 is 2.67 bits per heavy atom. The average Bonchev–Trinajstić information content (AvgIpc) is 3.31. The molecule has 1 saturated carbocycles. The van der Waals surface area contributed by atoms with E-state index in [1.807, 2.05) is 18.5 Å². The van der Waals surface area contributed by atoms with E-state index < -0.39 is 5.41 Å². The topological polar surface area (TPSA) is 46.9 Å². The van der Waals surface area contributed by atoms with E-state index in [0.717, 1.165) is 29.9 Å². The van der Waals surface area contributed by atoms with Crippen LogP contribution in [0.25, 0.3) is 0 Å². The SMILES string of the molecule is CCCn1nc(C)c(CNC(=O)C2(c3ccccc3F)CC2)c1C. The Morgan fingerprint density at radius 2 is 2.04 bits per heavy atom. The summed E-state index contributed by atoms with van der Waals surface area (Å²) in [5.41, 5.74) is 2.91. The average molecular weight is 329 g/mol. The quantitative estimate of drug-likeness (QED) is 0.883. The van der Waals surface area contributed by atoms with Crippen LogP contribution in [0, 0.1) is 19.7 Å². The summed E-state index contributed by atoms with van der Waals surface area (Å²) in [6.45, 7) is 7.42. The monoisotopic (exact) mass is 329 g/mol. The molecule has 4 nitrogen and oxygen atoms in total. The second-order valence-corrected chi connectivity index (χ2v) is 6.62. The van der Waals surface area contributed by atoms with Crippen LogP contribution in [0.3, 0.4) is 0 Å². The van der Waals surface area contributed by atoms with Gasteiger partial charge in [0.2, 0.25) is 5.91 Å². The van der Waals surface area contributed by atoms with Crippen LogP contribution >= 0.6 is 0 Å². The van der Waals surface area contributed by atoms with Crippen molar-refractivity contribution in [3.8, 4) is 0 Å². The molecule has 1 amide bonds. The maximum Gasteiger partial charge on any atom is 0.231 e. The second kappa shape index (κ2) is 6.38. The zero-order chi connectivity index (χ0) is 17.3. The molecule has 0 bridgehead atoms. The molecule has 2 aromatic rings. The Balaban J connectivity index is 1.74. The number of hydrogen-bond donors (Lipinski definition) is 1. The molecule has 0 spiro atoms. The fraction of sp³-hybridized carbons (Fsp3) is 0.474. The van der Waals surface area contributed by atoms with Gasteiger partial charge in [-0.25, -0.2) is 4.39 Å². The van der Waals surface area contributed by atoms with Crippen molar-refractivity contribution in [2.75, 3.05) is 0 Å². The number of carbonyl (C=O) groups is 1. The molecule has 3 rings (SSSR count). The molecule has 1 aliphatic rings. The zero-order valence-corrected chi connectivity index (χ0v) is 14.5. The molecule has 1 fully saturated rings. The summed E-state index contributed by atoms with van der Waals surface area (Å²) in [6, 6.07) is 6.58. The van der Waals surface area contributed by atoms with E-state index in [-0.39, 0.29) is 11.7 Å². The molecule has 1 aromatic carbocycles. The lowest BCUT2D eigenvalue weighted by Crippen LogP contribution is -2.35. The highest BCUT2D eigenvalue weighted by molar-refractivity contribution is 5.91. The smallest absolute Gasteiger partial charge is 0.231 e. The first-order valence-corrected chi connectivity index (χ1v) is 8.56. The minimum Gasteiger partial charge on any atom is -0.351 e. The number of benzene rings is 1. The minimum atomic E-state index is -0.688. The van der Waals surface area contributed by atoms with Gasteiger partial charge in [-0.3, -0.25) is 9.48 Å². The Bertz CT molecular complexity index is 762. The van der Waals surface area contributed by atoms with E-state index in [2.05, 4.69) is 17.3 Å². The first-order chi connectivity index (χ1) is 11.5. The van der Waals surface area contributed by atoms with Crippen LogP contribution in [0.15, 0.2) is 24.3 Å². The lowest BCUT2D eigenvalue weighted by molar-refractivity contribution is -0.123. The van der Waals surface area contributed by atoms with Crippen molar-refractivity contribution in [2.24, 2.45) is 0 Å². The lowest BCUT2D eigenvalue weighted by atomic mass is 9.94. The van der Waals surface area contributed by atoms with E-state index in [1.165, 1.54) is 6.07 Å². The number of nitrogens with one attached hydrogen (secondary N) is 1. The summed E-state index contributed by atoms with van der Waals surface area (Å²) in [5.74, 6) is -0.386. The predicted octanol–water partition coefficient (Wildman–Crippen LogP) is 3.40. The zero-order valence-electron chi connectivity index (χ0n) is 14.5. The Morgan fingerprint density at radius 1 is 1.33 bits per heavy atom. The third-order valence-electron chi connectivity index (χ3n) is 4.97. The summed E-state index contributed by atoms with van der Waals surface area (Å²) in [4.78, 5) is 12.7. The molecule has 24 heavy (non-hydrogen) atoms. The number of aromatic nitrogens is 2. The van der Waals surface area contributed by atoms with Gasteiger partial charge < -0.3 is 5.32 Å². The summed E-state index contributed by atoms with van der Waals surface area (Å²) in [7, 11) is 0. The van der Waals surface area contributed by atoms with Gasteiger partial charge in [-0.2, -0.15) is 5.10 Å². The second-order valence-electron chi connectivity index (χ2n) is 6.62. The van der Waals surface area contributed by atoms with Crippen LogP contribution in [0.2, 0.25) is 0 Å². The molecule has 1 aromatic heterocycles. The molecule has 0 unspecified atom stereocenters. The minimum absolute atomic E-state index is 0.0883. The van der Waals surface area contributed by atoms with E-state index in [9.17, 15) is 9.18 Å². The maximum atomic E-state index is 14.1. The van der Waals surface area contributed by atoms with Gasteiger partial charge in [-0.05, 0) is 39.2 Å². The molecule has 0 aliphatic heterocycles. The number of nitrogens with zero attached hydrogens (tertiary/aromatic N) is 2. The first kappa shape index (κ1) is 16.7. The highest BCUT2D eigenvalue weighted by Crippen LogP contribution is 2.49. The van der Waals surface area contributed by atoms with Crippen molar-refractivity contribution in [2.45, 2.75) is 58.5 Å². The Kier molecular flexibility index (Phi) is 4.43. The third kappa shape index (κ3) is 2.83. The largest absolute Gasteiger partial charge is 0.351 e. The summed E-state index contributed by atoms with van der Waals surface area (Å²) >= 11 is 0. The van der Waals surface area contributed by atoms with Gasteiger partial charge in [0.05, 0.1) is 11.1 Å². The normalized spacial score (nSPS) is 15.3. The molecule has 5 heteroatoms. The Labute approximate surface area is 142 Å².